The summed E-state index contributed by atoms with van der Waals surface area (Å²) in [5, 5.41) is 1.11. The number of rotatable bonds is 3. The van der Waals surface area contributed by atoms with Crippen molar-refractivity contribution >= 4 is 17.9 Å². The Hall–Kier alpha value is -2.42. The maximum absolute atomic E-state index is 12.3. The molecule has 9 heteroatoms. The summed E-state index contributed by atoms with van der Waals surface area (Å²) in [6, 6.07) is 1.55. The molecule has 0 aromatic carbocycles. The molecule has 0 aliphatic carbocycles. The van der Waals surface area contributed by atoms with Crippen molar-refractivity contribution in [3.63, 3.8) is 0 Å². The second-order valence-corrected chi connectivity index (χ2v) is 7.04. The first kappa shape index (κ1) is 19.9. The van der Waals surface area contributed by atoms with Crippen LogP contribution in [0.25, 0.3) is 0 Å². The fourth-order valence-corrected chi connectivity index (χ4v) is 2.49. The number of carbonyl (C=O) groups excluding carboxylic acids is 2. The molecule has 0 spiro atoms. The van der Waals surface area contributed by atoms with E-state index in [9.17, 15) is 9.59 Å². The van der Waals surface area contributed by atoms with E-state index in [1.165, 1.54) is 14.2 Å². The summed E-state index contributed by atoms with van der Waals surface area (Å²) in [6.07, 6.45) is 2.00. The van der Waals surface area contributed by atoms with Crippen LogP contribution in [0.2, 0.25) is 0 Å². The van der Waals surface area contributed by atoms with Crippen molar-refractivity contribution in [2.75, 3.05) is 45.2 Å². The Morgan fingerprint density at radius 3 is 2.58 bits per heavy atom. The minimum Gasteiger partial charge on any atom is -0.444 e. The molecular formula is C17H27N5O4. The molecule has 1 saturated heterocycles. The van der Waals surface area contributed by atoms with Gasteiger partial charge in [-0.05, 0) is 33.3 Å². The summed E-state index contributed by atoms with van der Waals surface area (Å²) in [5.41, 5.74) is -0.263. The first-order valence-corrected chi connectivity index (χ1v) is 8.59. The van der Waals surface area contributed by atoms with E-state index in [0.29, 0.717) is 32.1 Å². The highest BCUT2D eigenvalue weighted by Crippen LogP contribution is 2.15. The molecule has 1 aromatic rings. The quantitative estimate of drug-likeness (QED) is 0.751. The van der Waals surface area contributed by atoms with Crippen molar-refractivity contribution in [3.8, 4) is 0 Å². The van der Waals surface area contributed by atoms with Gasteiger partial charge < -0.3 is 14.5 Å². The zero-order valence-electron chi connectivity index (χ0n) is 16.1. The van der Waals surface area contributed by atoms with Crippen molar-refractivity contribution in [1.29, 1.82) is 0 Å². The second kappa shape index (κ2) is 8.31. The monoisotopic (exact) mass is 365 g/mol. The van der Waals surface area contributed by atoms with Crippen molar-refractivity contribution in [3.05, 3.63) is 18.0 Å². The molecule has 0 bridgehead atoms. The molecule has 9 nitrogen and oxygen atoms in total. The number of hydroxylamine groups is 2. The van der Waals surface area contributed by atoms with E-state index in [-0.39, 0.29) is 17.7 Å². The average molecular weight is 365 g/mol. The first-order valence-electron chi connectivity index (χ1n) is 8.59. The van der Waals surface area contributed by atoms with Gasteiger partial charge in [0.05, 0.1) is 7.11 Å². The van der Waals surface area contributed by atoms with E-state index in [2.05, 4.69) is 9.97 Å². The standard InChI is InChI=1S/C17H27N5O4/c1-17(2,3)26-16(24)22-10-6-9-21(11-12-22)15-18-8-7-13(19-15)14(23)20(4)25-5/h7-8H,6,9-12H2,1-5H3. The highest BCUT2D eigenvalue weighted by atomic mass is 16.7. The molecule has 1 aromatic heterocycles. The molecular weight excluding hydrogens is 338 g/mol. The lowest BCUT2D eigenvalue weighted by molar-refractivity contribution is -0.0760. The summed E-state index contributed by atoms with van der Waals surface area (Å²) in [7, 11) is 2.94. The third-order valence-electron chi connectivity index (χ3n) is 3.85. The third-order valence-corrected chi connectivity index (χ3v) is 3.85. The van der Waals surface area contributed by atoms with Crippen molar-refractivity contribution in [2.24, 2.45) is 0 Å². The number of amides is 2. The molecule has 1 aliphatic rings. The lowest BCUT2D eigenvalue weighted by Crippen LogP contribution is -2.39. The molecule has 2 heterocycles. The molecule has 0 radical (unpaired) electrons. The number of anilines is 1. The summed E-state index contributed by atoms with van der Waals surface area (Å²) in [5.74, 6) is 0.118. The molecule has 0 atom stereocenters. The predicted molar refractivity (Wildman–Crippen MR) is 95.8 cm³/mol. The number of hydrogen-bond acceptors (Lipinski definition) is 7. The van der Waals surface area contributed by atoms with Crippen molar-refractivity contribution in [2.45, 2.75) is 32.8 Å². The zero-order valence-corrected chi connectivity index (χ0v) is 16.1. The van der Waals surface area contributed by atoms with Gasteiger partial charge in [-0.1, -0.05) is 0 Å². The van der Waals surface area contributed by atoms with E-state index in [0.717, 1.165) is 11.5 Å². The first-order chi connectivity index (χ1) is 12.2. The Labute approximate surface area is 153 Å². The SMILES string of the molecule is CON(C)C(=O)c1ccnc(N2CCCN(C(=O)OC(C)(C)C)CC2)n1. The summed E-state index contributed by atoms with van der Waals surface area (Å²) in [4.78, 5) is 41.6. The molecule has 0 saturated carbocycles. The van der Waals surface area contributed by atoms with E-state index in [4.69, 9.17) is 9.57 Å². The number of ether oxygens (including phenoxy) is 1. The maximum Gasteiger partial charge on any atom is 0.410 e. The largest absolute Gasteiger partial charge is 0.444 e. The van der Waals surface area contributed by atoms with Crippen LogP contribution in [-0.4, -0.2) is 77.9 Å². The number of hydrogen-bond donors (Lipinski definition) is 0. The maximum atomic E-state index is 12.3. The van der Waals surface area contributed by atoms with Crippen LogP contribution in [0.15, 0.2) is 12.3 Å². The van der Waals surface area contributed by atoms with E-state index in [1.807, 2.05) is 25.7 Å². The fourth-order valence-electron chi connectivity index (χ4n) is 2.49. The van der Waals surface area contributed by atoms with Gasteiger partial charge in [-0.3, -0.25) is 9.63 Å². The number of carbonyl (C=O) groups is 2. The highest BCUT2D eigenvalue weighted by molar-refractivity contribution is 5.91. The van der Waals surface area contributed by atoms with Gasteiger partial charge in [0.1, 0.15) is 11.3 Å². The molecule has 26 heavy (non-hydrogen) atoms. The van der Waals surface area contributed by atoms with Crippen LogP contribution in [0.1, 0.15) is 37.7 Å². The van der Waals surface area contributed by atoms with Crippen molar-refractivity contribution in [1.82, 2.24) is 19.9 Å². The normalized spacial score (nSPS) is 15.4. The van der Waals surface area contributed by atoms with Gasteiger partial charge in [0.25, 0.3) is 5.91 Å². The van der Waals surface area contributed by atoms with Crippen LogP contribution in [0.5, 0.6) is 0 Å². The summed E-state index contributed by atoms with van der Waals surface area (Å²) >= 11 is 0. The van der Waals surface area contributed by atoms with Crippen molar-refractivity contribution < 1.29 is 19.2 Å². The van der Waals surface area contributed by atoms with Crippen LogP contribution in [0, 0.1) is 0 Å². The Bertz CT molecular complexity index is 646. The minimum atomic E-state index is -0.520. The topological polar surface area (TPSA) is 88.1 Å². The lowest BCUT2D eigenvalue weighted by Gasteiger charge is -2.26. The van der Waals surface area contributed by atoms with Gasteiger partial charge in [0, 0.05) is 39.4 Å². The molecule has 2 amide bonds. The zero-order chi connectivity index (χ0) is 19.3. The average Bonchev–Trinajstić information content (AvgIpc) is 2.85. The van der Waals surface area contributed by atoms with Crippen LogP contribution < -0.4 is 4.90 Å². The van der Waals surface area contributed by atoms with Gasteiger partial charge in [0.2, 0.25) is 5.95 Å². The number of aromatic nitrogens is 2. The molecule has 0 unspecified atom stereocenters. The molecule has 144 valence electrons. The second-order valence-electron chi connectivity index (χ2n) is 7.04. The summed E-state index contributed by atoms with van der Waals surface area (Å²) in [6.45, 7) is 7.92. The van der Waals surface area contributed by atoms with Gasteiger partial charge in [-0.15, -0.1) is 0 Å². The number of nitrogens with zero attached hydrogens (tertiary/aromatic N) is 5. The van der Waals surface area contributed by atoms with E-state index < -0.39 is 5.60 Å². The minimum absolute atomic E-state index is 0.257. The van der Waals surface area contributed by atoms with E-state index in [1.54, 1.807) is 17.2 Å². The molecule has 1 aliphatic heterocycles. The summed E-state index contributed by atoms with van der Waals surface area (Å²) < 4.78 is 5.44. The smallest absolute Gasteiger partial charge is 0.410 e. The van der Waals surface area contributed by atoms with Gasteiger partial charge >= 0.3 is 6.09 Å². The van der Waals surface area contributed by atoms with E-state index >= 15 is 0 Å². The Balaban J connectivity index is 2.05. The highest BCUT2D eigenvalue weighted by Gasteiger charge is 2.25. The Morgan fingerprint density at radius 1 is 1.19 bits per heavy atom. The predicted octanol–water partition coefficient (Wildman–Crippen LogP) is 1.56. The lowest BCUT2D eigenvalue weighted by atomic mass is 10.2. The van der Waals surface area contributed by atoms with Gasteiger partial charge in [0.15, 0.2) is 0 Å². The van der Waals surface area contributed by atoms with Crippen LogP contribution in [-0.2, 0) is 9.57 Å². The third kappa shape index (κ3) is 5.29. The van der Waals surface area contributed by atoms with Crippen LogP contribution >= 0.6 is 0 Å². The molecule has 2 rings (SSSR count). The van der Waals surface area contributed by atoms with Gasteiger partial charge in [-0.2, -0.15) is 0 Å². The molecule has 1 fully saturated rings. The van der Waals surface area contributed by atoms with Crippen LogP contribution in [0.4, 0.5) is 10.7 Å². The Morgan fingerprint density at radius 2 is 1.92 bits per heavy atom. The molecule has 0 N–H and O–H groups in total. The fraction of sp³-hybridized carbons (Fsp3) is 0.647. The Kier molecular flexibility index (Phi) is 6.36. The van der Waals surface area contributed by atoms with Crippen LogP contribution in [0.3, 0.4) is 0 Å². The van der Waals surface area contributed by atoms with Gasteiger partial charge in [-0.25, -0.2) is 19.8 Å².